The van der Waals surface area contributed by atoms with E-state index in [0.717, 1.165) is 23.2 Å². The molecule has 1 heterocycles. The van der Waals surface area contributed by atoms with Crippen molar-refractivity contribution in [2.75, 3.05) is 0 Å². The third kappa shape index (κ3) is 3.10. The molecule has 0 aliphatic rings. The number of hydrogen-bond acceptors (Lipinski definition) is 2. The lowest BCUT2D eigenvalue weighted by molar-refractivity contribution is -0.137. The summed E-state index contributed by atoms with van der Waals surface area (Å²) in [5.74, 6) is -0.315. The summed E-state index contributed by atoms with van der Waals surface area (Å²) in [4.78, 5) is 19.6. The lowest BCUT2D eigenvalue weighted by Crippen LogP contribution is -2.29. The van der Waals surface area contributed by atoms with Crippen LogP contribution in [0.5, 0.6) is 0 Å². The van der Waals surface area contributed by atoms with E-state index >= 15 is 0 Å². The number of carbonyl (C=O) groups excluding carboxylic acids is 1. The number of alkyl halides is 3. The highest BCUT2D eigenvalue weighted by Crippen LogP contribution is 2.32. The van der Waals surface area contributed by atoms with Crippen LogP contribution in [-0.4, -0.2) is 15.9 Å². The Balaban J connectivity index is 1.84. The highest BCUT2D eigenvalue weighted by atomic mass is 19.4. The predicted molar refractivity (Wildman–Crippen MR) is 83.4 cm³/mol. The zero-order valence-electron chi connectivity index (χ0n) is 12.7. The Morgan fingerprint density at radius 1 is 1.12 bits per heavy atom. The number of nitrogens with one attached hydrogen (secondary N) is 2. The fraction of sp³-hybridized carbons (Fsp3) is 0.176. The van der Waals surface area contributed by atoms with Crippen LogP contribution in [0, 0.1) is 0 Å². The molecule has 24 heavy (non-hydrogen) atoms. The summed E-state index contributed by atoms with van der Waals surface area (Å²) in [5, 5.41) is 2.55. The number of benzene rings is 2. The van der Waals surface area contributed by atoms with Crippen LogP contribution >= 0.6 is 0 Å². The van der Waals surface area contributed by atoms with E-state index in [2.05, 4.69) is 15.3 Å². The average molecular weight is 333 g/mol. The molecule has 1 amide bonds. The van der Waals surface area contributed by atoms with Gasteiger partial charge in [-0.15, -0.1) is 0 Å². The smallest absolute Gasteiger partial charge is 0.342 e. The minimum absolute atomic E-state index is 0.409. The number of hydrogen-bond donors (Lipinski definition) is 2. The van der Waals surface area contributed by atoms with Gasteiger partial charge in [0.05, 0.1) is 28.2 Å². The van der Waals surface area contributed by atoms with Crippen LogP contribution < -0.4 is 5.32 Å². The van der Waals surface area contributed by atoms with Gasteiger partial charge >= 0.3 is 6.18 Å². The molecular weight excluding hydrogens is 319 g/mol. The monoisotopic (exact) mass is 333 g/mol. The first-order valence-corrected chi connectivity index (χ1v) is 7.28. The van der Waals surface area contributed by atoms with Crippen molar-refractivity contribution >= 4 is 16.9 Å². The molecule has 4 nitrogen and oxygen atoms in total. The first-order valence-electron chi connectivity index (χ1n) is 7.28. The molecular formula is C17H14F3N3O. The number of imidazole rings is 1. The molecule has 0 saturated carbocycles. The molecule has 0 aliphatic carbocycles. The number of aromatic nitrogens is 2. The molecule has 1 unspecified atom stereocenters. The molecule has 7 heteroatoms. The summed E-state index contributed by atoms with van der Waals surface area (Å²) in [6.45, 7) is 1.66. The van der Waals surface area contributed by atoms with Gasteiger partial charge < -0.3 is 10.3 Å². The zero-order chi connectivity index (χ0) is 17.3. The third-order valence-corrected chi connectivity index (χ3v) is 3.64. The fourth-order valence-electron chi connectivity index (χ4n) is 2.45. The maximum atomic E-state index is 13.0. The van der Waals surface area contributed by atoms with Gasteiger partial charge in [0, 0.05) is 0 Å². The molecule has 124 valence electrons. The van der Waals surface area contributed by atoms with Crippen LogP contribution in [-0.2, 0) is 6.18 Å². The number of H-pyrrole nitrogens is 1. The van der Waals surface area contributed by atoms with Crippen molar-refractivity contribution in [2.45, 2.75) is 19.1 Å². The van der Waals surface area contributed by atoms with Crippen molar-refractivity contribution in [1.82, 2.24) is 15.3 Å². The summed E-state index contributed by atoms with van der Waals surface area (Å²) in [7, 11) is 0. The van der Waals surface area contributed by atoms with E-state index in [0.29, 0.717) is 5.82 Å². The Bertz CT molecular complexity index is 853. The Hall–Kier alpha value is -2.83. The maximum Gasteiger partial charge on any atom is 0.417 e. The van der Waals surface area contributed by atoms with Crippen LogP contribution in [0.2, 0.25) is 0 Å². The number of amides is 1. The Morgan fingerprint density at radius 2 is 1.79 bits per heavy atom. The number of para-hydroxylation sites is 2. The predicted octanol–water partition coefficient (Wildman–Crippen LogP) is 4.07. The molecule has 2 N–H and O–H groups in total. The molecule has 1 atom stereocenters. The van der Waals surface area contributed by atoms with Crippen molar-refractivity contribution in [2.24, 2.45) is 0 Å². The first-order chi connectivity index (χ1) is 11.4. The largest absolute Gasteiger partial charge is 0.417 e. The molecule has 3 rings (SSSR count). The summed E-state index contributed by atoms with van der Waals surface area (Å²) >= 11 is 0. The molecule has 0 bridgehead atoms. The number of nitrogens with zero attached hydrogens (tertiary/aromatic N) is 1. The standard InChI is InChI=1S/C17H14F3N3O/c1-10(15-22-13-8-4-5-9-14(13)23-15)21-16(24)11-6-2-3-7-12(11)17(18,19)20/h2-10H,1H3,(H,21,24)(H,22,23). The first kappa shape index (κ1) is 16.0. The molecule has 0 fully saturated rings. The van der Waals surface area contributed by atoms with Gasteiger partial charge in [-0.05, 0) is 31.2 Å². The summed E-state index contributed by atoms with van der Waals surface area (Å²) in [6.07, 6.45) is -4.59. The highest BCUT2D eigenvalue weighted by molar-refractivity contribution is 5.96. The van der Waals surface area contributed by atoms with Crippen LogP contribution in [0.3, 0.4) is 0 Å². The fourth-order valence-corrected chi connectivity index (χ4v) is 2.45. The lowest BCUT2D eigenvalue weighted by atomic mass is 10.1. The van der Waals surface area contributed by atoms with E-state index in [9.17, 15) is 18.0 Å². The summed E-state index contributed by atoms with van der Waals surface area (Å²) < 4.78 is 39.0. The van der Waals surface area contributed by atoms with Crippen LogP contribution in [0.4, 0.5) is 13.2 Å². The summed E-state index contributed by atoms with van der Waals surface area (Å²) in [5.41, 5.74) is 0.154. The second-order valence-corrected chi connectivity index (χ2v) is 5.38. The van der Waals surface area contributed by atoms with Crippen molar-refractivity contribution in [3.05, 3.63) is 65.5 Å². The van der Waals surface area contributed by atoms with Crippen molar-refractivity contribution in [1.29, 1.82) is 0 Å². The topological polar surface area (TPSA) is 57.8 Å². The average Bonchev–Trinajstić information content (AvgIpc) is 2.98. The second kappa shape index (κ2) is 5.99. The van der Waals surface area contributed by atoms with E-state index in [1.54, 1.807) is 6.92 Å². The molecule has 2 aromatic carbocycles. The molecule has 0 radical (unpaired) electrons. The lowest BCUT2D eigenvalue weighted by Gasteiger charge is -2.15. The van der Waals surface area contributed by atoms with Crippen molar-refractivity contribution in [3.8, 4) is 0 Å². The number of carbonyl (C=O) groups is 1. The number of rotatable bonds is 3. The van der Waals surface area contributed by atoms with Gasteiger partial charge in [-0.25, -0.2) is 4.98 Å². The van der Waals surface area contributed by atoms with Gasteiger partial charge in [0.25, 0.3) is 5.91 Å². The molecule has 3 aromatic rings. The van der Waals surface area contributed by atoms with E-state index < -0.39 is 29.3 Å². The number of halogens is 3. The van der Waals surface area contributed by atoms with Gasteiger partial charge in [-0.1, -0.05) is 24.3 Å². The minimum atomic E-state index is -4.59. The van der Waals surface area contributed by atoms with E-state index in [1.165, 1.54) is 12.1 Å². The Kier molecular flexibility index (Phi) is 4.01. The summed E-state index contributed by atoms with van der Waals surface area (Å²) in [6, 6.07) is 11.4. The number of fused-ring (bicyclic) bond motifs is 1. The Labute approximate surface area is 135 Å². The van der Waals surface area contributed by atoms with Crippen molar-refractivity contribution in [3.63, 3.8) is 0 Å². The molecule has 0 aliphatic heterocycles. The van der Waals surface area contributed by atoms with E-state index in [4.69, 9.17) is 0 Å². The van der Waals surface area contributed by atoms with Crippen molar-refractivity contribution < 1.29 is 18.0 Å². The maximum absolute atomic E-state index is 13.0. The molecule has 0 spiro atoms. The SMILES string of the molecule is CC(NC(=O)c1ccccc1C(F)(F)F)c1nc2ccccc2[nH]1. The second-order valence-electron chi connectivity index (χ2n) is 5.38. The van der Waals surface area contributed by atoms with Gasteiger partial charge in [-0.2, -0.15) is 13.2 Å². The molecule has 0 saturated heterocycles. The zero-order valence-corrected chi connectivity index (χ0v) is 12.7. The van der Waals surface area contributed by atoms with Crippen LogP contribution in [0.1, 0.15) is 34.7 Å². The quantitative estimate of drug-likeness (QED) is 0.759. The minimum Gasteiger partial charge on any atom is -0.342 e. The van der Waals surface area contributed by atoms with Gasteiger partial charge in [0.1, 0.15) is 5.82 Å². The molecule has 1 aromatic heterocycles. The third-order valence-electron chi connectivity index (χ3n) is 3.64. The van der Waals surface area contributed by atoms with E-state index in [-0.39, 0.29) is 0 Å². The van der Waals surface area contributed by atoms with Gasteiger partial charge in [-0.3, -0.25) is 4.79 Å². The Morgan fingerprint density at radius 3 is 2.50 bits per heavy atom. The van der Waals surface area contributed by atoms with Gasteiger partial charge in [0.15, 0.2) is 0 Å². The van der Waals surface area contributed by atoms with Crippen LogP contribution in [0.15, 0.2) is 48.5 Å². The normalized spacial score (nSPS) is 13.0. The van der Waals surface area contributed by atoms with Crippen LogP contribution in [0.25, 0.3) is 11.0 Å². The van der Waals surface area contributed by atoms with Gasteiger partial charge in [0.2, 0.25) is 0 Å². The number of aromatic amines is 1. The van der Waals surface area contributed by atoms with E-state index in [1.807, 2.05) is 24.3 Å². The highest BCUT2D eigenvalue weighted by Gasteiger charge is 2.35.